The second kappa shape index (κ2) is 3.95. The van der Waals surface area contributed by atoms with Gasteiger partial charge in [0, 0.05) is 23.5 Å². The maximum absolute atomic E-state index is 13.7. The van der Waals surface area contributed by atoms with E-state index < -0.39 is 0 Å². The van der Waals surface area contributed by atoms with Gasteiger partial charge in [0.15, 0.2) is 0 Å². The van der Waals surface area contributed by atoms with Crippen LogP contribution in [0.5, 0.6) is 0 Å². The fraction of sp³-hybridized carbons (Fsp3) is 0.0909. The molecule has 0 spiro atoms. The number of aryl methyl sites for hydroxylation is 1. The van der Waals surface area contributed by atoms with E-state index in [0.29, 0.717) is 16.7 Å². The van der Waals surface area contributed by atoms with Crippen LogP contribution in [0.3, 0.4) is 0 Å². The number of benzene rings is 1. The Labute approximate surface area is 91.8 Å². The maximum atomic E-state index is 13.7. The molecule has 2 rings (SSSR count). The van der Waals surface area contributed by atoms with Gasteiger partial charge in [0.1, 0.15) is 5.82 Å². The third kappa shape index (κ3) is 1.97. The zero-order valence-corrected chi connectivity index (χ0v) is 8.79. The number of rotatable bonds is 1. The van der Waals surface area contributed by atoms with Crippen molar-refractivity contribution in [3.63, 3.8) is 0 Å². The Morgan fingerprint density at radius 3 is 2.53 bits per heavy atom. The molecule has 0 amide bonds. The smallest absolute Gasteiger partial charge is 0.222 e. The highest BCUT2D eigenvalue weighted by Crippen LogP contribution is 2.23. The van der Waals surface area contributed by atoms with Crippen molar-refractivity contribution in [2.24, 2.45) is 0 Å². The predicted molar refractivity (Wildman–Crippen MR) is 57.2 cm³/mol. The first kappa shape index (κ1) is 10.1. The normalized spacial score (nSPS) is 10.3. The highest BCUT2D eigenvalue weighted by atomic mass is 35.5. The van der Waals surface area contributed by atoms with Crippen LogP contribution >= 0.6 is 11.6 Å². The Kier molecular flexibility index (Phi) is 2.64. The van der Waals surface area contributed by atoms with Crippen LogP contribution in [-0.4, -0.2) is 9.97 Å². The number of nitrogens with zero attached hydrogens (tertiary/aromatic N) is 2. The largest absolute Gasteiger partial charge is 0.226 e. The van der Waals surface area contributed by atoms with E-state index in [1.165, 1.54) is 12.4 Å². The first-order valence-corrected chi connectivity index (χ1v) is 4.79. The van der Waals surface area contributed by atoms with Gasteiger partial charge in [-0.2, -0.15) is 0 Å². The van der Waals surface area contributed by atoms with E-state index >= 15 is 0 Å². The molecular formula is C11H8ClFN2. The second-order valence-electron chi connectivity index (χ2n) is 3.18. The summed E-state index contributed by atoms with van der Waals surface area (Å²) in [5, 5.41) is 0.159. The molecule has 76 valence electrons. The molecule has 2 nitrogen and oxygen atoms in total. The number of hydrogen-bond acceptors (Lipinski definition) is 2. The van der Waals surface area contributed by atoms with E-state index in [4.69, 9.17) is 11.6 Å². The van der Waals surface area contributed by atoms with Crippen LogP contribution in [-0.2, 0) is 0 Å². The van der Waals surface area contributed by atoms with Crippen LogP contribution in [0.2, 0.25) is 5.28 Å². The molecule has 1 heterocycles. The average molecular weight is 223 g/mol. The van der Waals surface area contributed by atoms with Crippen molar-refractivity contribution >= 4 is 11.6 Å². The molecule has 0 N–H and O–H groups in total. The lowest BCUT2D eigenvalue weighted by atomic mass is 10.1. The van der Waals surface area contributed by atoms with Gasteiger partial charge in [0.05, 0.1) is 0 Å². The molecule has 0 saturated carbocycles. The standard InChI is InChI=1S/C11H8ClFN2/c1-7-3-2-4-9(10(7)13)8-5-14-11(12)15-6-8/h2-6H,1H3. The van der Waals surface area contributed by atoms with Crippen molar-refractivity contribution in [2.45, 2.75) is 6.92 Å². The van der Waals surface area contributed by atoms with Gasteiger partial charge in [-0.3, -0.25) is 0 Å². The summed E-state index contributed by atoms with van der Waals surface area (Å²) in [6.07, 6.45) is 3.01. The van der Waals surface area contributed by atoms with Gasteiger partial charge in [-0.1, -0.05) is 18.2 Å². The zero-order chi connectivity index (χ0) is 10.8. The van der Waals surface area contributed by atoms with Gasteiger partial charge < -0.3 is 0 Å². The van der Waals surface area contributed by atoms with E-state index in [9.17, 15) is 4.39 Å². The third-order valence-electron chi connectivity index (χ3n) is 2.12. The van der Waals surface area contributed by atoms with Crippen LogP contribution in [0, 0.1) is 12.7 Å². The Bertz CT molecular complexity index is 482. The minimum atomic E-state index is -0.247. The van der Waals surface area contributed by atoms with Crippen molar-refractivity contribution in [1.29, 1.82) is 0 Å². The predicted octanol–water partition coefficient (Wildman–Crippen LogP) is 3.24. The average Bonchev–Trinajstić information content (AvgIpc) is 2.24. The van der Waals surface area contributed by atoms with E-state index in [2.05, 4.69) is 9.97 Å². The second-order valence-corrected chi connectivity index (χ2v) is 3.52. The molecule has 0 saturated heterocycles. The summed E-state index contributed by atoms with van der Waals surface area (Å²) in [6, 6.07) is 5.20. The van der Waals surface area contributed by atoms with Crippen LogP contribution < -0.4 is 0 Å². The lowest BCUT2D eigenvalue weighted by molar-refractivity contribution is 0.622. The van der Waals surface area contributed by atoms with E-state index in [0.717, 1.165) is 0 Å². The van der Waals surface area contributed by atoms with Crippen molar-refractivity contribution in [1.82, 2.24) is 9.97 Å². The first-order valence-electron chi connectivity index (χ1n) is 4.41. The molecule has 0 bridgehead atoms. The SMILES string of the molecule is Cc1cccc(-c2cnc(Cl)nc2)c1F. The molecule has 15 heavy (non-hydrogen) atoms. The fourth-order valence-electron chi connectivity index (χ4n) is 1.32. The molecule has 0 unspecified atom stereocenters. The zero-order valence-electron chi connectivity index (χ0n) is 8.04. The summed E-state index contributed by atoms with van der Waals surface area (Å²) >= 11 is 5.55. The topological polar surface area (TPSA) is 25.8 Å². The van der Waals surface area contributed by atoms with Gasteiger partial charge in [-0.15, -0.1) is 0 Å². The van der Waals surface area contributed by atoms with Crippen molar-refractivity contribution in [3.8, 4) is 11.1 Å². The van der Waals surface area contributed by atoms with Gasteiger partial charge in [-0.05, 0) is 24.1 Å². The van der Waals surface area contributed by atoms with Crippen LogP contribution in [0.4, 0.5) is 4.39 Å². The molecule has 0 radical (unpaired) electrons. The number of hydrogen-bond donors (Lipinski definition) is 0. The summed E-state index contributed by atoms with van der Waals surface area (Å²) in [7, 11) is 0. The highest BCUT2D eigenvalue weighted by Gasteiger charge is 2.07. The van der Waals surface area contributed by atoms with Crippen molar-refractivity contribution in [3.05, 3.63) is 47.3 Å². The van der Waals surface area contributed by atoms with Crippen LogP contribution in [0.15, 0.2) is 30.6 Å². The van der Waals surface area contributed by atoms with Gasteiger partial charge >= 0.3 is 0 Å². The van der Waals surface area contributed by atoms with Crippen LogP contribution in [0.25, 0.3) is 11.1 Å². The maximum Gasteiger partial charge on any atom is 0.222 e. The minimum absolute atomic E-state index is 0.159. The Hall–Kier alpha value is -1.48. The quantitative estimate of drug-likeness (QED) is 0.693. The highest BCUT2D eigenvalue weighted by molar-refractivity contribution is 6.28. The molecule has 0 fully saturated rings. The fourth-order valence-corrected chi connectivity index (χ4v) is 1.42. The molecule has 0 aliphatic rings. The number of halogens is 2. The number of aromatic nitrogens is 2. The molecule has 2 aromatic rings. The molecular weight excluding hydrogens is 215 g/mol. The molecule has 4 heteroatoms. The third-order valence-corrected chi connectivity index (χ3v) is 2.32. The van der Waals surface area contributed by atoms with E-state index in [1.807, 2.05) is 0 Å². The first-order chi connectivity index (χ1) is 7.18. The van der Waals surface area contributed by atoms with Crippen molar-refractivity contribution in [2.75, 3.05) is 0 Å². The lowest BCUT2D eigenvalue weighted by Crippen LogP contribution is -1.90. The minimum Gasteiger partial charge on any atom is -0.226 e. The molecule has 0 aliphatic carbocycles. The van der Waals surface area contributed by atoms with Gasteiger partial charge in [-0.25, -0.2) is 14.4 Å². The monoisotopic (exact) mass is 222 g/mol. The summed E-state index contributed by atoms with van der Waals surface area (Å²) in [4.78, 5) is 7.63. The molecule has 0 atom stereocenters. The Morgan fingerprint density at radius 2 is 1.87 bits per heavy atom. The van der Waals surface area contributed by atoms with Crippen molar-refractivity contribution < 1.29 is 4.39 Å². The summed E-state index contributed by atoms with van der Waals surface area (Å²) in [6.45, 7) is 1.72. The molecule has 1 aromatic heterocycles. The Morgan fingerprint density at radius 1 is 1.20 bits per heavy atom. The molecule has 0 aliphatic heterocycles. The lowest BCUT2D eigenvalue weighted by Gasteiger charge is -2.04. The van der Waals surface area contributed by atoms with E-state index in [1.54, 1.807) is 25.1 Å². The van der Waals surface area contributed by atoms with Gasteiger partial charge in [0.25, 0.3) is 0 Å². The van der Waals surface area contributed by atoms with Crippen LogP contribution in [0.1, 0.15) is 5.56 Å². The summed E-state index contributed by atoms with van der Waals surface area (Å²) in [5.41, 5.74) is 1.72. The van der Waals surface area contributed by atoms with E-state index in [-0.39, 0.29) is 11.1 Å². The summed E-state index contributed by atoms with van der Waals surface area (Å²) < 4.78 is 13.7. The molecule has 1 aromatic carbocycles. The summed E-state index contributed by atoms with van der Waals surface area (Å²) in [5.74, 6) is -0.247. The Balaban J connectivity index is 2.54. The van der Waals surface area contributed by atoms with Gasteiger partial charge in [0.2, 0.25) is 5.28 Å².